The highest BCUT2D eigenvalue weighted by atomic mass is 19.1. The number of hydrogen-bond acceptors (Lipinski definition) is 5. The molecule has 1 aromatic carbocycles. The van der Waals surface area contributed by atoms with Crippen LogP contribution < -0.4 is 15.5 Å². The molecular formula is C14H18FN5. The van der Waals surface area contributed by atoms with Gasteiger partial charge in [0, 0.05) is 20.6 Å². The fourth-order valence-corrected chi connectivity index (χ4v) is 1.79. The second-order valence-electron chi connectivity index (χ2n) is 4.46. The zero-order valence-corrected chi connectivity index (χ0v) is 11.8. The summed E-state index contributed by atoms with van der Waals surface area (Å²) in [7, 11) is 3.86. The van der Waals surface area contributed by atoms with E-state index in [1.807, 2.05) is 50.2 Å². The highest BCUT2D eigenvalue weighted by molar-refractivity contribution is 5.74. The largest absolute Gasteiger partial charge is 0.376 e. The van der Waals surface area contributed by atoms with Crippen LogP contribution in [0.4, 0.5) is 27.5 Å². The number of aromatic nitrogens is 2. The number of halogens is 1. The first-order chi connectivity index (χ1) is 9.61. The number of para-hydroxylation sites is 2. The van der Waals surface area contributed by atoms with Gasteiger partial charge in [-0.2, -0.15) is 4.98 Å². The summed E-state index contributed by atoms with van der Waals surface area (Å²) in [6, 6.07) is 7.65. The monoisotopic (exact) mass is 275 g/mol. The van der Waals surface area contributed by atoms with Gasteiger partial charge in [0.2, 0.25) is 5.95 Å². The average Bonchev–Trinajstić information content (AvgIpc) is 2.43. The molecule has 0 radical (unpaired) electrons. The molecule has 0 spiro atoms. The van der Waals surface area contributed by atoms with E-state index >= 15 is 0 Å². The van der Waals surface area contributed by atoms with Crippen molar-refractivity contribution < 1.29 is 4.39 Å². The van der Waals surface area contributed by atoms with E-state index in [4.69, 9.17) is 0 Å². The van der Waals surface area contributed by atoms with Crippen molar-refractivity contribution in [2.24, 2.45) is 0 Å². The van der Waals surface area contributed by atoms with Crippen molar-refractivity contribution in [3.8, 4) is 0 Å². The molecule has 106 valence electrons. The van der Waals surface area contributed by atoms with Crippen LogP contribution in [-0.4, -0.2) is 30.6 Å². The molecule has 6 heteroatoms. The van der Waals surface area contributed by atoms with Gasteiger partial charge in [-0.3, -0.25) is 0 Å². The Labute approximate surface area is 117 Å². The molecule has 0 bridgehead atoms. The lowest BCUT2D eigenvalue weighted by atomic mass is 10.2. The second kappa shape index (κ2) is 6.18. The summed E-state index contributed by atoms with van der Waals surface area (Å²) in [6.07, 6.45) is 1.16. The molecule has 0 aliphatic carbocycles. The molecule has 20 heavy (non-hydrogen) atoms. The van der Waals surface area contributed by atoms with E-state index in [9.17, 15) is 4.39 Å². The van der Waals surface area contributed by atoms with E-state index in [2.05, 4.69) is 20.6 Å². The molecule has 0 saturated carbocycles. The molecule has 0 unspecified atom stereocenters. The van der Waals surface area contributed by atoms with Gasteiger partial charge in [-0.1, -0.05) is 12.1 Å². The Bertz CT molecular complexity index is 586. The van der Waals surface area contributed by atoms with Crippen molar-refractivity contribution in [3.05, 3.63) is 36.3 Å². The smallest absolute Gasteiger partial charge is 0.224 e. The summed E-state index contributed by atoms with van der Waals surface area (Å²) in [5.41, 5.74) is 1.74. The van der Waals surface area contributed by atoms with Crippen molar-refractivity contribution >= 4 is 23.1 Å². The Hall–Kier alpha value is -2.37. The molecule has 0 fully saturated rings. The fourth-order valence-electron chi connectivity index (χ4n) is 1.79. The van der Waals surface area contributed by atoms with E-state index in [-0.39, 0.29) is 5.82 Å². The first-order valence-electron chi connectivity index (χ1n) is 6.41. The molecule has 5 nitrogen and oxygen atoms in total. The lowest BCUT2D eigenvalue weighted by Crippen LogP contribution is -2.12. The fraction of sp³-hybridized carbons (Fsp3) is 0.286. The minimum Gasteiger partial charge on any atom is -0.376 e. The lowest BCUT2D eigenvalue weighted by molar-refractivity contribution is 0.619. The van der Waals surface area contributed by atoms with Gasteiger partial charge < -0.3 is 15.5 Å². The van der Waals surface area contributed by atoms with E-state index < -0.39 is 5.82 Å². The summed E-state index contributed by atoms with van der Waals surface area (Å²) in [5.74, 6) is 0.0733. The van der Waals surface area contributed by atoms with Crippen molar-refractivity contribution in [2.45, 2.75) is 6.92 Å². The van der Waals surface area contributed by atoms with Crippen LogP contribution in [0.1, 0.15) is 6.92 Å². The number of nitrogens with one attached hydrogen (secondary N) is 2. The summed E-state index contributed by atoms with van der Waals surface area (Å²) in [4.78, 5) is 9.96. The predicted octanol–water partition coefficient (Wildman–Crippen LogP) is 2.86. The SMILES string of the molecule is CCNc1ncc(F)c(Nc2ccccc2N(C)C)n1. The van der Waals surface area contributed by atoms with E-state index in [1.165, 1.54) is 0 Å². The van der Waals surface area contributed by atoms with Crippen molar-refractivity contribution in [3.63, 3.8) is 0 Å². The Balaban J connectivity index is 2.32. The summed E-state index contributed by atoms with van der Waals surface area (Å²) in [5, 5.41) is 5.97. The Morgan fingerprint density at radius 1 is 1.25 bits per heavy atom. The van der Waals surface area contributed by atoms with Gasteiger partial charge in [0.05, 0.1) is 17.6 Å². The van der Waals surface area contributed by atoms with Gasteiger partial charge in [0.15, 0.2) is 11.6 Å². The Morgan fingerprint density at radius 3 is 2.70 bits per heavy atom. The van der Waals surface area contributed by atoms with Crippen molar-refractivity contribution in [2.75, 3.05) is 36.2 Å². The van der Waals surface area contributed by atoms with E-state index in [0.29, 0.717) is 12.5 Å². The van der Waals surface area contributed by atoms with Crippen LogP contribution in [0.3, 0.4) is 0 Å². The zero-order chi connectivity index (χ0) is 14.5. The van der Waals surface area contributed by atoms with Gasteiger partial charge in [-0.05, 0) is 19.1 Å². The molecule has 2 rings (SSSR count). The molecule has 2 N–H and O–H groups in total. The van der Waals surface area contributed by atoms with Crippen LogP contribution in [-0.2, 0) is 0 Å². The third-order valence-corrected chi connectivity index (χ3v) is 2.72. The molecule has 0 saturated heterocycles. The Kier molecular flexibility index (Phi) is 4.34. The maximum absolute atomic E-state index is 13.8. The minimum absolute atomic E-state index is 0.158. The van der Waals surface area contributed by atoms with Gasteiger partial charge >= 0.3 is 0 Å². The number of nitrogens with zero attached hydrogens (tertiary/aromatic N) is 3. The van der Waals surface area contributed by atoms with Crippen LogP contribution in [0.5, 0.6) is 0 Å². The topological polar surface area (TPSA) is 53.1 Å². The molecule has 0 atom stereocenters. The number of rotatable bonds is 5. The maximum Gasteiger partial charge on any atom is 0.224 e. The third kappa shape index (κ3) is 3.14. The normalized spacial score (nSPS) is 10.2. The summed E-state index contributed by atoms with van der Waals surface area (Å²) >= 11 is 0. The van der Waals surface area contributed by atoms with Gasteiger partial charge in [0.25, 0.3) is 0 Å². The minimum atomic E-state index is -0.486. The van der Waals surface area contributed by atoms with Crippen LogP contribution in [0.15, 0.2) is 30.5 Å². The first kappa shape index (κ1) is 14.0. The molecule has 1 heterocycles. The van der Waals surface area contributed by atoms with Crippen LogP contribution in [0.25, 0.3) is 0 Å². The van der Waals surface area contributed by atoms with E-state index in [0.717, 1.165) is 17.6 Å². The van der Waals surface area contributed by atoms with Crippen LogP contribution in [0.2, 0.25) is 0 Å². The van der Waals surface area contributed by atoms with Crippen molar-refractivity contribution in [1.29, 1.82) is 0 Å². The maximum atomic E-state index is 13.8. The highest BCUT2D eigenvalue weighted by Crippen LogP contribution is 2.27. The van der Waals surface area contributed by atoms with Gasteiger partial charge in [0.1, 0.15) is 0 Å². The van der Waals surface area contributed by atoms with Crippen molar-refractivity contribution in [1.82, 2.24) is 9.97 Å². The summed E-state index contributed by atoms with van der Waals surface area (Å²) in [6.45, 7) is 2.61. The molecule has 0 aliphatic rings. The van der Waals surface area contributed by atoms with Crippen LogP contribution in [0, 0.1) is 5.82 Å². The van der Waals surface area contributed by atoms with E-state index in [1.54, 1.807) is 0 Å². The number of hydrogen-bond donors (Lipinski definition) is 2. The van der Waals surface area contributed by atoms with Gasteiger partial charge in [-0.25, -0.2) is 9.37 Å². The molecule has 2 aromatic rings. The standard InChI is InChI=1S/C14H18FN5/c1-4-16-14-17-9-10(15)13(19-14)18-11-7-5-6-8-12(11)20(2)3/h5-9H,4H2,1-3H3,(H2,16,17,18,19). The number of anilines is 4. The molecular weight excluding hydrogens is 257 g/mol. The quantitative estimate of drug-likeness (QED) is 0.878. The Morgan fingerprint density at radius 2 is 2.00 bits per heavy atom. The average molecular weight is 275 g/mol. The van der Waals surface area contributed by atoms with Gasteiger partial charge in [-0.15, -0.1) is 0 Å². The number of benzene rings is 1. The highest BCUT2D eigenvalue weighted by Gasteiger charge is 2.10. The van der Waals surface area contributed by atoms with Crippen LogP contribution >= 0.6 is 0 Å². The predicted molar refractivity (Wildman–Crippen MR) is 80.2 cm³/mol. The molecule has 1 aromatic heterocycles. The first-order valence-corrected chi connectivity index (χ1v) is 6.41. The molecule has 0 amide bonds. The summed E-state index contributed by atoms with van der Waals surface area (Å²) < 4.78 is 13.8. The second-order valence-corrected chi connectivity index (χ2v) is 4.46. The molecule has 0 aliphatic heterocycles. The lowest BCUT2D eigenvalue weighted by Gasteiger charge is -2.18. The zero-order valence-electron chi connectivity index (χ0n) is 11.8. The third-order valence-electron chi connectivity index (χ3n) is 2.72.